The zero-order chi connectivity index (χ0) is 21.7. The van der Waals surface area contributed by atoms with Crippen molar-refractivity contribution in [2.45, 2.75) is 26.4 Å². The van der Waals surface area contributed by atoms with Gasteiger partial charge < -0.3 is 14.8 Å². The SMILES string of the molecule is CS.Cc1cc2cc(c1)O[C@@H](C)CCOc1cc(F)ccc1-c1nc(ncc1F)N2. The van der Waals surface area contributed by atoms with Crippen LogP contribution in [-0.2, 0) is 0 Å². The fourth-order valence-corrected chi connectivity index (χ4v) is 3.07. The van der Waals surface area contributed by atoms with Gasteiger partial charge in [0.15, 0.2) is 5.82 Å². The number of aryl methyl sites for hydroxylation is 1. The van der Waals surface area contributed by atoms with Crippen LogP contribution in [0.25, 0.3) is 11.3 Å². The van der Waals surface area contributed by atoms with Crippen LogP contribution in [0.3, 0.4) is 0 Å². The van der Waals surface area contributed by atoms with E-state index in [0.29, 0.717) is 17.7 Å². The maximum absolute atomic E-state index is 14.5. The van der Waals surface area contributed by atoms with E-state index in [1.807, 2.05) is 32.0 Å². The quantitative estimate of drug-likeness (QED) is 0.456. The van der Waals surface area contributed by atoms with Gasteiger partial charge in [0, 0.05) is 29.8 Å². The number of halogens is 2. The first-order chi connectivity index (χ1) is 14.5. The smallest absolute Gasteiger partial charge is 0.227 e. The Labute approximate surface area is 179 Å². The second-order valence-corrected chi connectivity index (χ2v) is 6.76. The number of ether oxygens (including phenoxy) is 2. The molecule has 0 radical (unpaired) electrons. The van der Waals surface area contributed by atoms with Crippen molar-refractivity contribution in [3.63, 3.8) is 0 Å². The summed E-state index contributed by atoms with van der Waals surface area (Å²) < 4.78 is 39.9. The van der Waals surface area contributed by atoms with Gasteiger partial charge in [-0.05, 0) is 49.9 Å². The van der Waals surface area contributed by atoms with Gasteiger partial charge in [-0.2, -0.15) is 12.6 Å². The molecule has 0 saturated heterocycles. The number of nitrogens with one attached hydrogen (secondary N) is 1. The molecule has 1 aliphatic rings. The number of thiol groups is 1. The number of hydrogen-bond acceptors (Lipinski definition) is 6. The van der Waals surface area contributed by atoms with Crippen molar-refractivity contribution in [2.24, 2.45) is 0 Å². The zero-order valence-corrected chi connectivity index (χ0v) is 17.8. The number of benzene rings is 2. The highest BCUT2D eigenvalue weighted by Crippen LogP contribution is 2.33. The topological polar surface area (TPSA) is 56.3 Å². The summed E-state index contributed by atoms with van der Waals surface area (Å²) in [6.07, 6.45) is 3.23. The normalized spacial score (nSPS) is 15.2. The molecular formula is C22H23F2N3O2S. The molecule has 8 heteroatoms. The molecule has 2 aromatic carbocycles. The predicted molar refractivity (Wildman–Crippen MR) is 117 cm³/mol. The Balaban J connectivity index is 0.00000124. The van der Waals surface area contributed by atoms with E-state index in [-0.39, 0.29) is 30.1 Å². The van der Waals surface area contributed by atoms with E-state index in [2.05, 4.69) is 27.9 Å². The molecule has 158 valence electrons. The third-order valence-corrected chi connectivity index (χ3v) is 4.37. The summed E-state index contributed by atoms with van der Waals surface area (Å²) in [4.78, 5) is 8.30. The van der Waals surface area contributed by atoms with Gasteiger partial charge in [-0.1, -0.05) is 0 Å². The Morgan fingerprint density at radius 3 is 2.73 bits per heavy atom. The third kappa shape index (κ3) is 5.18. The molecule has 5 nitrogen and oxygen atoms in total. The van der Waals surface area contributed by atoms with Crippen molar-refractivity contribution >= 4 is 24.3 Å². The molecule has 1 atom stereocenters. The highest BCUT2D eigenvalue weighted by Gasteiger charge is 2.17. The molecular weight excluding hydrogens is 408 g/mol. The Kier molecular flexibility index (Phi) is 7.10. The molecule has 2 heterocycles. The molecule has 4 rings (SSSR count). The molecule has 0 spiro atoms. The average molecular weight is 432 g/mol. The molecule has 3 aromatic rings. The number of anilines is 2. The summed E-state index contributed by atoms with van der Waals surface area (Å²) >= 11 is 3.53. The van der Waals surface area contributed by atoms with Gasteiger partial charge >= 0.3 is 0 Å². The maximum atomic E-state index is 14.5. The highest BCUT2D eigenvalue weighted by molar-refractivity contribution is 7.79. The fraction of sp³-hybridized carbons (Fsp3) is 0.273. The second-order valence-electron chi connectivity index (χ2n) is 6.76. The molecule has 0 amide bonds. The fourth-order valence-electron chi connectivity index (χ4n) is 3.07. The standard InChI is InChI=1S/C21H19F2N3O2.CH4S/c1-12-7-15-10-16(8-12)28-13(2)5-6-27-19-9-14(22)3-4-17(19)20-18(23)11-24-21(25-15)26-20;1-2/h3-4,7-11,13H,5-6H2,1-2H3,(H,24,25,26);2H,1H3/t13-;/m0./s1. The van der Waals surface area contributed by atoms with Crippen LogP contribution in [0.2, 0.25) is 0 Å². The van der Waals surface area contributed by atoms with E-state index in [4.69, 9.17) is 9.47 Å². The summed E-state index contributed by atoms with van der Waals surface area (Å²) in [6, 6.07) is 9.62. The number of rotatable bonds is 0. The Morgan fingerprint density at radius 2 is 1.93 bits per heavy atom. The van der Waals surface area contributed by atoms with E-state index in [1.54, 1.807) is 6.26 Å². The van der Waals surface area contributed by atoms with Gasteiger partial charge in [-0.15, -0.1) is 0 Å². The van der Waals surface area contributed by atoms with Crippen LogP contribution in [-0.4, -0.2) is 28.9 Å². The molecule has 0 unspecified atom stereocenters. The minimum absolute atomic E-state index is 0.0433. The molecule has 1 N–H and O–H groups in total. The largest absolute Gasteiger partial charge is 0.493 e. The minimum Gasteiger partial charge on any atom is -0.493 e. The molecule has 0 fully saturated rings. The first kappa shape index (κ1) is 21.8. The first-order valence-electron chi connectivity index (χ1n) is 9.43. The summed E-state index contributed by atoms with van der Waals surface area (Å²) in [5.41, 5.74) is 2.13. The van der Waals surface area contributed by atoms with Gasteiger partial charge in [-0.3, -0.25) is 0 Å². The van der Waals surface area contributed by atoms with Gasteiger partial charge in [-0.25, -0.2) is 18.7 Å². The predicted octanol–water partition coefficient (Wildman–Crippen LogP) is 5.57. The van der Waals surface area contributed by atoms with Crippen LogP contribution < -0.4 is 14.8 Å². The Bertz CT molecular complexity index is 1030. The summed E-state index contributed by atoms with van der Waals surface area (Å²) in [6.45, 7) is 4.17. The Hall–Kier alpha value is -2.87. The van der Waals surface area contributed by atoms with Gasteiger partial charge in [0.1, 0.15) is 23.0 Å². The number of fused-ring (bicyclic) bond motifs is 6. The molecule has 30 heavy (non-hydrogen) atoms. The van der Waals surface area contributed by atoms with Crippen molar-refractivity contribution in [2.75, 3.05) is 18.2 Å². The number of aromatic nitrogens is 2. The van der Waals surface area contributed by atoms with Crippen molar-refractivity contribution in [3.8, 4) is 22.8 Å². The van der Waals surface area contributed by atoms with Crippen molar-refractivity contribution in [1.82, 2.24) is 9.97 Å². The van der Waals surface area contributed by atoms with Crippen LogP contribution in [0.4, 0.5) is 20.4 Å². The molecule has 1 aromatic heterocycles. The average Bonchev–Trinajstić information content (AvgIpc) is 2.70. The van der Waals surface area contributed by atoms with Crippen LogP contribution in [0.1, 0.15) is 18.9 Å². The van der Waals surface area contributed by atoms with Crippen LogP contribution in [0.5, 0.6) is 11.5 Å². The molecule has 0 aliphatic carbocycles. The lowest BCUT2D eigenvalue weighted by Gasteiger charge is -2.19. The lowest BCUT2D eigenvalue weighted by atomic mass is 10.1. The van der Waals surface area contributed by atoms with E-state index in [9.17, 15) is 8.78 Å². The van der Waals surface area contributed by atoms with Crippen LogP contribution in [0, 0.1) is 18.6 Å². The molecule has 0 saturated carbocycles. The van der Waals surface area contributed by atoms with Crippen molar-refractivity contribution in [3.05, 3.63) is 59.8 Å². The van der Waals surface area contributed by atoms with Gasteiger partial charge in [0.2, 0.25) is 5.95 Å². The Morgan fingerprint density at radius 1 is 1.13 bits per heavy atom. The van der Waals surface area contributed by atoms with Gasteiger partial charge in [0.25, 0.3) is 0 Å². The lowest BCUT2D eigenvalue weighted by Crippen LogP contribution is -2.16. The van der Waals surface area contributed by atoms with E-state index >= 15 is 0 Å². The number of hydrogen-bond donors (Lipinski definition) is 2. The van der Waals surface area contributed by atoms with Crippen molar-refractivity contribution in [1.29, 1.82) is 0 Å². The first-order valence-corrected chi connectivity index (χ1v) is 10.3. The van der Waals surface area contributed by atoms with E-state index in [1.165, 1.54) is 18.2 Å². The lowest BCUT2D eigenvalue weighted by molar-refractivity contribution is 0.177. The van der Waals surface area contributed by atoms with E-state index < -0.39 is 11.6 Å². The maximum Gasteiger partial charge on any atom is 0.227 e. The van der Waals surface area contributed by atoms with Crippen LogP contribution in [0.15, 0.2) is 42.6 Å². The molecule has 4 bridgehead atoms. The van der Waals surface area contributed by atoms with E-state index in [0.717, 1.165) is 17.4 Å². The summed E-state index contributed by atoms with van der Waals surface area (Å²) in [7, 11) is 0. The van der Waals surface area contributed by atoms with Gasteiger partial charge in [0.05, 0.1) is 18.9 Å². The van der Waals surface area contributed by atoms with Crippen LogP contribution >= 0.6 is 12.6 Å². The monoisotopic (exact) mass is 431 g/mol. The summed E-state index contributed by atoms with van der Waals surface area (Å²) in [5.74, 6) is 0.0505. The number of nitrogens with zero attached hydrogens (tertiary/aromatic N) is 2. The second kappa shape index (κ2) is 9.75. The zero-order valence-electron chi connectivity index (χ0n) is 16.9. The third-order valence-electron chi connectivity index (χ3n) is 4.37. The highest BCUT2D eigenvalue weighted by atomic mass is 32.1. The van der Waals surface area contributed by atoms with Crippen molar-refractivity contribution < 1.29 is 18.3 Å². The minimum atomic E-state index is -0.615. The molecule has 1 aliphatic heterocycles. The summed E-state index contributed by atoms with van der Waals surface area (Å²) in [5, 5.41) is 3.08.